The fourth-order valence-electron chi connectivity index (χ4n) is 0.533. The maximum atomic E-state index is 10.4. The number of aromatic nitrogens is 1. The second-order valence-electron chi connectivity index (χ2n) is 1.65. The van der Waals surface area contributed by atoms with Crippen molar-refractivity contribution in [2.45, 2.75) is 0 Å². The fraction of sp³-hybridized carbons (Fsp3) is 0. The molecule has 0 radical (unpaired) electrons. The topological polar surface area (TPSA) is 50.2 Å². The Labute approximate surface area is 62.3 Å². The maximum Gasteiger partial charge on any atom is 0.270 e. The van der Waals surface area contributed by atoms with E-state index in [4.69, 9.17) is 16.7 Å². The molecular weight excluding hydrogens is 154 g/mol. The standard InChI is InChI=1S/C6H4ClNO2/c7-6(10)4-2-1-3-5(9)8-4/h1-3H,(H,8,9). The van der Waals surface area contributed by atoms with Crippen LogP contribution in [0.3, 0.4) is 0 Å². The van der Waals surface area contributed by atoms with E-state index in [1.165, 1.54) is 18.2 Å². The van der Waals surface area contributed by atoms with Crippen LogP contribution in [0.4, 0.5) is 0 Å². The first kappa shape index (κ1) is 7.02. The number of nitrogens with zero attached hydrogens (tertiary/aromatic N) is 1. The highest BCUT2D eigenvalue weighted by Gasteiger charge is 2.01. The summed E-state index contributed by atoms with van der Waals surface area (Å²) in [5, 5.41) is 8.07. The number of pyridine rings is 1. The van der Waals surface area contributed by atoms with E-state index in [9.17, 15) is 4.79 Å². The molecule has 0 saturated carbocycles. The zero-order valence-electron chi connectivity index (χ0n) is 4.91. The average molecular weight is 158 g/mol. The van der Waals surface area contributed by atoms with Gasteiger partial charge in [-0.25, -0.2) is 4.98 Å². The number of halogens is 1. The Hall–Kier alpha value is -1.09. The normalized spacial score (nSPS) is 9.30. The predicted octanol–water partition coefficient (Wildman–Crippen LogP) is 1.17. The van der Waals surface area contributed by atoms with Crippen LogP contribution in [-0.2, 0) is 0 Å². The molecule has 52 valence electrons. The molecule has 0 unspecified atom stereocenters. The lowest BCUT2D eigenvalue weighted by Crippen LogP contribution is -1.91. The van der Waals surface area contributed by atoms with Crippen molar-refractivity contribution in [3.63, 3.8) is 0 Å². The van der Waals surface area contributed by atoms with Crippen LogP contribution in [0.25, 0.3) is 0 Å². The molecule has 0 atom stereocenters. The van der Waals surface area contributed by atoms with E-state index in [1.807, 2.05) is 0 Å². The summed E-state index contributed by atoms with van der Waals surface area (Å²) in [5.74, 6) is -0.202. The van der Waals surface area contributed by atoms with Gasteiger partial charge in [-0.3, -0.25) is 4.79 Å². The second-order valence-corrected chi connectivity index (χ2v) is 2.00. The summed E-state index contributed by atoms with van der Waals surface area (Å²) in [4.78, 5) is 13.8. The zero-order chi connectivity index (χ0) is 7.56. The van der Waals surface area contributed by atoms with E-state index >= 15 is 0 Å². The van der Waals surface area contributed by atoms with Gasteiger partial charge in [0.1, 0.15) is 5.69 Å². The highest BCUT2D eigenvalue weighted by molar-refractivity contribution is 6.67. The fourth-order valence-corrected chi connectivity index (χ4v) is 0.638. The van der Waals surface area contributed by atoms with Gasteiger partial charge < -0.3 is 5.11 Å². The van der Waals surface area contributed by atoms with Gasteiger partial charge >= 0.3 is 0 Å². The van der Waals surface area contributed by atoms with E-state index in [0.29, 0.717) is 0 Å². The van der Waals surface area contributed by atoms with Crippen molar-refractivity contribution >= 4 is 16.8 Å². The Morgan fingerprint density at radius 2 is 2.30 bits per heavy atom. The van der Waals surface area contributed by atoms with Crippen molar-refractivity contribution in [2.24, 2.45) is 0 Å². The van der Waals surface area contributed by atoms with Gasteiger partial charge in [0.15, 0.2) is 0 Å². The molecule has 4 heteroatoms. The third-order valence-corrected chi connectivity index (χ3v) is 1.13. The summed E-state index contributed by atoms with van der Waals surface area (Å²) in [7, 11) is 0. The smallest absolute Gasteiger partial charge is 0.270 e. The minimum Gasteiger partial charge on any atom is -0.493 e. The van der Waals surface area contributed by atoms with E-state index in [0.717, 1.165) is 0 Å². The highest BCUT2D eigenvalue weighted by atomic mass is 35.5. The van der Waals surface area contributed by atoms with Gasteiger partial charge in [-0.1, -0.05) is 6.07 Å². The molecule has 1 aromatic heterocycles. The Morgan fingerprint density at radius 1 is 1.60 bits per heavy atom. The van der Waals surface area contributed by atoms with Gasteiger partial charge in [0.05, 0.1) is 0 Å². The molecule has 0 aromatic carbocycles. The van der Waals surface area contributed by atoms with Gasteiger partial charge in [0.25, 0.3) is 5.24 Å². The molecule has 0 saturated heterocycles. The Balaban J connectivity index is 3.07. The van der Waals surface area contributed by atoms with Gasteiger partial charge in [-0.15, -0.1) is 0 Å². The Kier molecular flexibility index (Phi) is 1.87. The molecule has 0 aliphatic carbocycles. The van der Waals surface area contributed by atoms with E-state index in [1.54, 1.807) is 0 Å². The number of carbonyl (C=O) groups excluding carboxylic acids is 1. The van der Waals surface area contributed by atoms with Crippen molar-refractivity contribution in [3.8, 4) is 5.88 Å². The van der Waals surface area contributed by atoms with Crippen LogP contribution in [-0.4, -0.2) is 15.3 Å². The van der Waals surface area contributed by atoms with E-state index in [-0.39, 0.29) is 11.6 Å². The van der Waals surface area contributed by atoms with Crippen molar-refractivity contribution in [1.82, 2.24) is 4.98 Å². The molecule has 0 aliphatic heterocycles. The van der Waals surface area contributed by atoms with Crippen molar-refractivity contribution in [2.75, 3.05) is 0 Å². The minimum absolute atomic E-state index is 0.0571. The van der Waals surface area contributed by atoms with Crippen LogP contribution in [0.2, 0.25) is 0 Å². The Bertz CT molecular complexity index is 262. The summed E-state index contributed by atoms with van der Waals surface area (Å²) < 4.78 is 0. The second kappa shape index (κ2) is 2.66. The van der Waals surface area contributed by atoms with E-state index < -0.39 is 5.24 Å². The first-order valence-corrected chi connectivity index (χ1v) is 2.94. The summed E-state index contributed by atoms with van der Waals surface area (Å²) >= 11 is 5.06. The van der Waals surface area contributed by atoms with Crippen molar-refractivity contribution < 1.29 is 9.90 Å². The van der Waals surface area contributed by atoms with Crippen LogP contribution in [0.15, 0.2) is 18.2 Å². The quantitative estimate of drug-likeness (QED) is 0.623. The maximum absolute atomic E-state index is 10.4. The molecule has 1 N–H and O–H groups in total. The van der Waals surface area contributed by atoms with Crippen LogP contribution >= 0.6 is 11.6 Å². The molecule has 10 heavy (non-hydrogen) atoms. The molecule has 0 spiro atoms. The summed E-state index contributed by atoms with van der Waals surface area (Å²) in [5.41, 5.74) is 0.0571. The molecule has 3 nitrogen and oxygen atoms in total. The predicted molar refractivity (Wildman–Crippen MR) is 36.1 cm³/mol. The molecule has 0 amide bonds. The molecule has 1 aromatic rings. The highest BCUT2D eigenvalue weighted by Crippen LogP contribution is 2.06. The summed E-state index contributed by atoms with van der Waals surface area (Å²) in [6.07, 6.45) is 0. The van der Waals surface area contributed by atoms with E-state index in [2.05, 4.69) is 4.98 Å². The third-order valence-electron chi connectivity index (χ3n) is 0.936. The lowest BCUT2D eigenvalue weighted by molar-refractivity contribution is 0.107. The van der Waals surface area contributed by atoms with Crippen molar-refractivity contribution in [3.05, 3.63) is 23.9 Å². The molecule has 1 heterocycles. The summed E-state index contributed by atoms with van der Waals surface area (Å²) in [6, 6.07) is 4.29. The number of aromatic hydroxyl groups is 1. The SMILES string of the molecule is O=C(Cl)c1cccc(O)n1. The number of hydrogen-bond acceptors (Lipinski definition) is 3. The van der Waals surface area contributed by atoms with Crippen molar-refractivity contribution in [1.29, 1.82) is 0 Å². The average Bonchev–Trinajstić information content (AvgIpc) is 1.88. The summed E-state index contributed by atoms with van der Waals surface area (Å²) in [6.45, 7) is 0. The number of carbonyl (C=O) groups is 1. The van der Waals surface area contributed by atoms with Gasteiger partial charge in [-0.05, 0) is 17.7 Å². The first-order chi connectivity index (χ1) is 4.70. The molecule has 1 rings (SSSR count). The first-order valence-electron chi connectivity index (χ1n) is 2.56. The van der Waals surface area contributed by atoms with Gasteiger partial charge in [-0.2, -0.15) is 0 Å². The third kappa shape index (κ3) is 1.45. The monoisotopic (exact) mass is 157 g/mol. The minimum atomic E-state index is -0.670. The number of hydrogen-bond donors (Lipinski definition) is 1. The molecule has 0 bridgehead atoms. The Morgan fingerprint density at radius 3 is 2.70 bits per heavy atom. The zero-order valence-corrected chi connectivity index (χ0v) is 5.67. The van der Waals surface area contributed by atoms with Crippen LogP contribution in [0.1, 0.15) is 10.5 Å². The molecular formula is C6H4ClNO2. The van der Waals surface area contributed by atoms with Crippen LogP contribution < -0.4 is 0 Å². The van der Waals surface area contributed by atoms with Gasteiger partial charge in [0.2, 0.25) is 5.88 Å². The number of rotatable bonds is 1. The largest absolute Gasteiger partial charge is 0.493 e. The van der Waals surface area contributed by atoms with Crippen LogP contribution in [0, 0.1) is 0 Å². The lowest BCUT2D eigenvalue weighted by atomic mass is 10.4. The molecule has 0 aliphatic rings. The lowest BCUT2D eigenvalue weighted by Gasteiger charge is -1.91. The molecule has 0 fully saturated rings. The van der Waals surface area contributed by atoms with Gasteiger partial charge in [0, 0.05) is 6.07 Å². The van der Waals surface area contributed by atoms with Crippen LogP contribution in [0.5, 0.6) is 5.88 Å².